The number of nitrogens with two attached hydrogens (primary N) is 1. The van der Waals surface area contributed by atoms with Crippen molar-refractivity contribution >= 4 is 46.0 Å². The highest BCUT2D eigenvalue weighted by molar-refractivity contribution is 7.83. The van der Waals surface area contributed by atoms with E-state index in [0.717, 1.165) is 20.6 Å². The summed E-state index contributed by atoms with van der Waals surface area (Å²) in [5.74, 6) is 0. The molecule has 2 N–H and O–H groups in total. The highest BCUT2D eigenvalue weighted by Gasteiger charge is 2.06. The fourth-order valence-electron chi connectivity index (χ4n) is 1.25. The van der Waals surface area contributed by atoms with Gasteiger partial charge in [-0.05, 0) is 17.5 Å². The third kappa shape index (κ3) is 1.32. The van der Waals surface area contributed by atoms with Crippen molar-refractivity contribution in [1.82, 2.24) is 0 Å². The molecule has 0 unspecified atom stereocenters. The number of thiol groups is 1. The lowest BCUT2D eigenvalue weighted by molar-refractivity contribution is 0.112. The first-order chi connectivity index (χ1) is 6.22. The number of hydrogen-bond donors (Lipinski definition) is 2. The van der Waals surface area contributed by atoms with Gasteiger partial charge in [0.25, 0.3) is 0 Å². The van der Waals surface area contributed by atoms with Crippen LogP contribution in [-0.4, -0.2) is 6.29 Å². The lowest BCUT2D eigenvalue weighted by Gasteiger charge is -1.98. The van der Waals surface area contributed by atoms with E-state index >= 15 is 0 Å². The van der Waals surface area contributed by atoms with Crippen molar-refractivity contribution in [1.29, 1.82) is 0 Å². The summed E-state index contributed by atoms with van der Waals surface area (Å²) >= 11 is 5.70. The molecule has 0 aliphatic rings. The largest absolute Gasteiger partial charge is 0.398 e. The standard InChI is InChI=1S/C9H7NOS2/c10-7-2-1-5-3-8(12)13-9(5)6(7)4-11/h1-4,12H,10H2. The zero-order chi connectivity index (χ0) is 9.42. The van der Waals surface area contributed by atoms with Gasteiger partial charge in [0.15, 0.2) is 6.29 Å². The fourth-order valence-corrected chi connectivity index (χ4v) is 2.58. The van der Waals surface area contributed by atoms with Crippen LogP contribution < -0.4 is 5.73 Å². The number of nitrogen functional groups attached to an aromatic ring is 1. The van der Waals surface area contributed by atoms with Crippen LogP contribution in [0.3, 0.4) is 0 Å². The van der Waals surface area contributed by atoms with E-state index in [9.17, 15) is 4.79 Å². The molecular formula is C9H7NOS2. The van der Waals surface area contributed by atoms with Gasteiger partial charge in [-0.1, -0.05) is 6.07 Å². The van der Waals surface area contributed by atoms with Crippen molar-refractivity contribution in [3.63, 3.8) is 0 Å². The van der Waals surface area contributed by atoms with Crippen molar-refractivity contribution < 1.29 is 4.79 Å². The Bertz CT molecular complexity index is 476. The van der Waals surface area contributed by atoms with Gasteiger partial charge in [-0.15, -0.1) is 24.0 Å². The molecule has 0 fully saturated rings. The smallest absolute Gasteiger partial charge is 0.153 e. The number of rotatable bonds is 1. The molecule has 2 nitrogen and oxygen atoms in total. The van der Waals surface area contributed by atoms with Gasteiger partial charge in [0, 0.05) is 10.4 Å². The summed E-state index contributed by atoms with van der Waals surface area (Å²) in [6, 6.07) is 5.56. The molecular weight excluding hydrogens is 202 g/mol. The monoisotopic (exact) mass is 209 g/mol. The maximum atomic E-state index is 10.8. The topological polar surface area (TPSA) is 43.1 Å². The number of carbonyl (C=O) groups is 1. The molecule has 0 amide bonds. The predicted octanol–water partition coefficient (Wildman–Crippen LogP) is 2.58. The summed E-state index contributed by atoms with van der Waals surface area (Å²) in [7, 11) is 0. The van der Waals surface area contributed by atoms with Crippen molar-refractivity contribution in [2.45, 2.75) is 4.21 Å². The average molecular weight is 209 g/mol. The summed E-state index contributed by atoms with van der Waals surface area (Å²) < 4.78 is 1.81. The Hall–Kier alpha value is -1.00. The Labute approximate surface area is 84.8 Å². The molecule has 1 aromatic heterocycles. The SMILES string of the molecule is Nc1ccc2cc(S)sc2c1C=O. The number of benzene rings is 1. The molecule has 0 atom stereocenters. The summed E-state index contributed by atoms with van der Waals surface area (Å²) in [5, 5.41) is 1.02. The van der Waals surface area contributed by atoms with E-state index in [1.807, 2.05) is 12.1 Å². The number of carbonyl (C=O) groups excluding carboxylic acids is 1. The summed E-state index contributed by atoms with van der Waals surface area (Å²) in [5.41, 5.74) is 6.75. The van der Waals surface area contributed by atoms with Crippen LogP contribution in [0.2, 0.25) is 0 Å². The van der Waals surface area contributed by atoms with Gasteiger partial charge >= 0.3 is 0 Å². The van der Waals surface area contributed by atoms with Gasteiger partial charge in [-0.3, -0.25) is 4.79 Å². The summed E-state index contributed by atoms with van der Waals surface area (Å²) in [4.78, 5) is 10.8. The number of aldehydes is 1. The lowest BCUT2D eigenvalue weighted by atomic mass is 10.1. The molecule has 2 aromatic rings. The van der Waals surface area contributed by atoms with Crippen LogP contribution in [0.4, 0.5) is 5.69 Å². The number of thiophene rings is 1. The molecule has 0 aliphatic heterocycles. The lowest BCUT2D eigenvalue weighted by Crippen LogP contribution is -1.91. The molecule has 0 saturated heterocycles. The fraction of sp³-hybridized carbons (Fsp3) is 0. The van der Waals surface area contributed by atoms with Crippen molar-refractivity contribution in [2.75, 3.05) is 5.73 Å². The molecule has 13 heavy (non-hydrogen) atoms. The van der Waals surface area contributed by atoms with E-state index in [1.165, 1.54) is 11.3 Å². The maximum absolute atomic E-state index is 10.8. The van der Waals surface area contributed by atoms with E-state index < -0.39 is 0 Å². The Morgan fingerprint density at radius 3 is 2.92 bits per heavy atom. The minimum Gasteiger partial charge on any atom is -0.398 e. The van der Waals surface area contributed by atoms with E-state index in [0.29, 0.717) is 11.3 Å². The quantitative estimate of drug-likeness (QED) is 0.430. The van der Waals surface area contributed by atoms with Gasteiger partial charge in [-0.25, -0.2) is 0 Å². The molecule has 0 radical (unpaired) electrons. The second-order valence-corrected chi connectivity index (χ2v) is 4.53. The van der Waals surface area contributed by atoms with Crippen molar-refractivity contribution in [3.8, 4) is 0 Å². The zero-order valence-electron chi connectivity index (χ0n) is 6.65. The minimum absolute atomic E-state index is 0.526. The summed E-state index contributed by atoms with van der Waals surface area (Å²) in [6.07, 6.45) is 0.793. The van der Waals surface area contributed by atoms with Crippen LogP contribution in [-0.2, 0) is 0 Å². The highest BCUT2D eigenvalue weighted by atomic mass is 32.2. The second-order valence-electron chi connectivity index (χ2n) is 2.69. The summed E-state index contributed by atoms with van der Waals surface area (Å²) in [6.45, 7) is 0. The third-order valence-corrected chi connectivity index (χ3v) is 3.25. The van der Waals surface area contributed by atoms with Gasteiger partial charge in [-0.2, -0.15) is 0 Å². The first kappa shape index (κ1) is 8.59. The normalized spacial score (nSPS) is 10.5. The predicted molar refractivity (Wildman–Crippen MR) is 58.9 cm³/mol. The molecule has 1 heterocycles. The third-order valence-electron chi connectivity index (χ3n) is 1.86. The molecule has 0 aliphatic carbocycles. The van der Waals surface area contributed by atoms with E-state index in [4.69, 9.17) is 5.73 Å². The molecule has 4 heteroatoms. The number of fused-ring (bicyclic) bond motifs is 1. The van der Waals surface area contributed by atoms with Gasteiger partial charge < -0.3 is 5.73 Å². The van der Waals surface area contributed by atoms with Gasteiger partial charge in [0.05, 0.1) is 9.77 Å². The van der Waals surface area contributed by atoms with Crippen LogP contribution in [0.1, 0.15) is 10.4 Å². The first-order valence-corrected chi connectivity index (χ1v) is 4.95. The van der Waals surface area contributed by atoms with E-state index in [-0.39, 0.29) is 0 Å². The van der Waals surface area contributed by atoms with Crippen LogP contribution in [0.15, 0.2) is 22.4 Å². The Balaban J connectivity index is 2.90. The second kappa shape index (κ2) is 3.05. The number of hydrogen-bond acceptors (Lipinski definition) is 4. The van der Waals surface area contributed by atoms with Crippen LogP contribution >= 0.6 is 24.0 Å². The van der Waals surface area contributed by atoms with Crippen LogP contribution in [0.5, 0.6) is 0 Å². The van der Waals surface area contributed by atoms with Gasteiger partial charge in [0.2, 0.25) is 0 Å². The Morgan fingerprint density at radius 1 is 1.46 bits per heavy atom. The van der Waals surface area contributed by atoms with E-state index in [1.54, 1.807) is 6.07 Å². The average Bonchev–Trinajstić information content (AvgIpc) is 2.45. The molecule has 66 valence electrons. The van der Waals surface area contributed by atoms with Crippen LogP contribution in [0, 0.1) is 0 Å². The van der Waals surface area contributed by atoms with Crippen molar-refractivity contribution in [2.24, 2.45) is 0 Å². The van der Waals surface area contributed by atoms with Crippen molar-refractivity contribution in [3.05, 3.63) is 23.8 Å². The molecule has 0 saturated carbocycles. The molecule has 2 rings (SSSR count). The van der Waals surface area contributed by atoms with E-state index in [2.05, 4.69) is 12.6 Å². The molecule has 0 bridgehead atoms. The highest BCUT2D eigenvalue weighted by Crippen LogP contribution is 2.32. The minimum atomic E-state index is 0.526. The zero-order valence-corrected chi connectivity index (χ0v) is 8.36. The maximum Gasteiger partial charge on any atom is 0.153 e. The first-order valence-electron chi connectivity index (χ1n) is 3.68. The Morgan fingerprint density at radius 2 is 2.23 bits per heavy atom. The Kier molecular flexibility index (Phi) is 2.01. The van der Waals surface area contributed by atoms with Gasteiger partial charge in [0.1, 0.15) is 0 Å². The molecule has 0 spiro atoms. The number of anilines is 1. The van der Waals surface area contributed by atoms with Crippen LogP contribution in [0.25, 0.3) is 10.1 Å². The molecule has 1 aromatic carbocycles.